The summed E-state index contributed by atoms with van der Waals surface area (Å²) in [7, 11) is 1.90. The van der Waals surface area contributed by atoms with E-state index in [1.165, 1.54) is 0 Å². The predicted octanol–water partition coefficient (Wildman–Crippen LogP) is 2.42. The second kappa shape index (κ2) is 5.74. The Morgan fingerprint density at radius 2 is 2.25 bits per heavy atom. The van der Waals surface area contributed by atoms with Crippen LogP contribution in [0.4, 0.5) is 5.69 Å². The Labute approximate surface area is 101 Å². The summed E-state index contributed by atoms with van der Waals surface area (Å²) in [5.74, 6) is 0. The Bertz CT molecular complexity index is 398. The molecule has 0 saturated carbocycles. The average molecular weight is 239 g/mol. The van der Waals surface area contributed by atoms with E-state index in [1.807, 2.05) is 18.0 Å². The van der Waals surface area contributed by atoms with E-state index in [-0.39, 0.29) is 6.10 Å². The van der Waals surface area contributed by atoms with Crippen molar-refractivity contribution in [3.8, 4) is 6.07 Å². The van der Waals surface area contributed by atoms with Gasteiger partial charge in [-0.3, -0.25) is 0 Å². The molecule has 0 aliphatic carbocycles. The molecule has 4 heteroatoms. The molecule has 0 radical (unpaired) electrons. The fraction of sp³-hybridized carbons (Fsp3) is 0.417. The third-order valence-corrected chi connectivity index (χ3v) is 2.61. The number of anilines is 1. The molecule has 0 aliphatic heterocycles. The highest BCUT2D eigenvalue weighted by molar-refractivity contribution is 6.30. The largest absolute Gasteiger partial charge is 0.393 e. The molecule has 0 aromatic heterocycles. The van der Waals surface area contributed by atoms with Crippen molar-refractivity contribution in [1.29, 1.82) is 5.26 Å². The lowest BCUT2D eigenvalue weighted by molar-refractivity contribution is 0.187. The Hall–Kier alpha value is -1.24. The molecule has 1 aromatic carbocycles. The van der Waals surface area contributed by atoms with Crippen LogP contribution in [0.15, 0.2) is 18.2 Å². The zero-order valence-corrected chi connectivity index (χ0v) is 10.2. The zero-order valence-electron chi connectivity index (χ0n) is 9.44. The minimum atomic E-state index is -0.333. The van der Waals surface area contributed by atoms with Crippen LogP contribution in [0.3, 0.4) is 0 Å². The molecule has 0 amide bonds. The number of hydrogen-bond acceptors (Lipinski definition) is 3. The number of nitrogens with zero attached hydrogens (tertiary/aromatic N) is 2. The van der Waals surface area contributed by atoms with Crippen molar-refractivity contribution in [3.63, 3.8) is 0 Å². The van der Waals surface area contributed by atoms with Crippen LogP contribution < -0.4 is 4.90 Å². The Morgan fingerprint density at radius 1 is 1.56 bits per heavy atom. The molecule has 0 aliphatic rings. The molecule has 0 heterocycles. The van der Waals surface area contributed by atoms with Crippen molar-refractivity contribution in [3.05, 3.63) is 28.8 Å². The van der Waals surface area contributed by atoms with E-state index in [2.05, 4.69) is 6.07 Å². The van der Waals surface area contributed by atoms with Gasteiger partial charge in [-0.1, -0.05) is 11.6 Å². The third-order valence-electron chi connectivity index (χ3n) is 2.37. The maximum absolute atomic E-state index is 9.21. The van der Waals surface area contributed by atoms with Crippen molar-refractivity contribution in [2.45, 2.75) is 19.4 Å². The lowest BCUT2D eigenvalue weighted by Gasteiger charge is -2.21. The summed E-state index contributed by atoms with van der Waals surface area (Å²) < 4.78 is 0. The summed E-state index contributed by atoms with van der Waals surface area (Å²) in [6.07, 6.45) is 0.338. The van der Waals surface area contributed by atoms with Gasteiger partial charge in [0.1, 0.15) is 6.07 Å². The quantitative estimate of drug-likeness (QED) is 0.877. The third kappa shape index (κ3) is 3.41. The summed E-state index contributed by atoms with van der Waals surface area (Å²) in [6.45, 7) is 2.45. The van der Waals surface area contributed by atoms with E-state index >= 15 is 0 Å². The van der Waals surface area contributed by atoms with Crippen LogP contribution in [0.2, 0.25) is 5.02 Å². The SMILES string of the molecule is C[C@@H](O)CCN(C)c1ccc(Cl)cc1C#N. The summed E-state index contributed by atoms with van der Waals surface area (Å²) in [4.78, 5) is 1.95. The minimum Gasteiger partial charge on any atom is -0.393 e. The monoisotopic (exact) mass is 238 g/mol. The maximum atomic E-state index is 9.21. The van der Waals surface area contributed by atoms with Crippen LogP contribution in [0.5, 0.6) is 0 Å². The second-order valence-electron chi connectivity index (χ2n) is 3.83. The lowest BCUT2D eigenvalue weighted by atomic mass is 10.1. The van der Waals surface area contributed by atoms with Gasteiger partial charge in [0.15, 0.2) is 0 Å². The van der Waals surface area contributed by atoms with Crippen LogP contribution in [0.1, 0.15) is 18.9 Å². The highest BCUT2D eigenvalue weighted by atomic mass is 35.5. The molecule has 0 bridgehead atoms. The van der Waals surface area contributed by atoms with Crippen LogP contribution >= 0.6 is 11.6 Å². The number of hydrogen-bond donors (Lipinski definition) is 1. The van der Waals surface area contributed by atoms with Crippen LogP contribution in [0.25, 0.3) is 0 Å². The van der Waals surface area contributed by atoms with Gasteiger partial charge in [0.05, 0.1) is 17.4 Å². The van der Waals surface area contributed by atoms with Gasteiger partial charge in [0.25, 0.3) is 0 Å². The van der Waals surface area contributed by atoms with Gasteiger partial charge in [0.2, 0.25) is 0 Å². The van der Waals surface area contributed by atoms with Crippen molar-refractivity contribution >= 4 is 17.3 Å². The van der Waals surface area contributed by atoms with Gasteiger partial charge >= 0.3 is 0 Å². The normalized spacial score (nSPS) is 11.9. The number of benzene rings is 1. The molecule has 3 nitrogen and oxygen atoms in total. The Morgan fingerprint density at radius 3 is 2.81 bits per heavy atom. The maximum Gasteiger partial charge on any atom is 0.101 e. The Balaban J connectivity index is 2.83. The van der Waals surface area contributed by atoms with Gasteiger partial charge in [-0.05, 0) is 31.5 Å². The lowest BCUT2D eigenvalue weighted by Crippen LogP contribution is -2.22. The second-order valence-corrected chi connectivity index (χ2v) is 4.27. The van der Waals surface area contributed by atoms with E-state index in [9.17, 15) is 5.11 Å². The van der Waals surface area contributed by atoms with Gasteiger partial charge < -0.3 is 10.0 Å². The molecule has 1 atom stereocenters. The molecule has 0 saturated heterocycles. The van der Waals surface area contributed by atoms with Gasteiger partial charge in [0, 0.05) is 18.6 Å². The number of rotatable bonds is 4. The number of aliphatic hydroxyl groups excluding tert-OH is 1. The van der Waals surface area contributed by atoms with E-state index < -0.39 is 0 Å². The van der Waals surface area contributed by atoms with Crippen molar-refractivity contribution in [1.82, 2.24) is 0 Å². The van der Waals surface area contributed by atoms with Crippen LogP contribution in [-0.2, 0) is 0 Å². The summed E-state index contributed by atoms with van der Waals surface area (Å²) in [5, 5.41) is 18.7. The molecule has 1 aromatic rings. The Kier molecular flexibility index (Phi) is 4.60. The van der Waals surface area contributed by atoms with Crippen LogP contribution in [-0.4, -0.2) is 24.8 Å². The first-order chi connectivity index (χ1) is 7.54. The fourth-order valence-corrected chi connectivity index (χ4v) is 1.60. The number of halogens is 1. The van der Waals surface area contributed by atoms with E-state index in [0.717, 1.165) is 5.69 Å². The first-order valence-corrected chi connectivity index (χ1v) is 5.51. The molecule has 0 unspecified atom stereocenters. The molecule has 1 rings (SSSR count). The first-order valence-electron chi connectivity index (χ1n) is 5.13. The minimum absolute atomic E-state index is 0.333. The smallest absolute Gasteiger partial charge is 0.101 e. The van der Waals surface area contributed by atoms with Crippen molar-refractivity contribution in [2.24, 2.45) is 0 Å². The summed E-state index contributed by atoms with van der Waals surface area (Å²) >= 11 is 5.82. The topological polar surface area (TPSA) is 47.3 Å². The molecule has 0 fully saturated rings. The van der Waals surface area contributed by atoms with E-state index in [0.29, 0.717) is 23.6 Å². The number of nitriles is 1. The van der Waals surface area contributed by atoms with E-state index in [4.69, 9.17) is 16.9 Å². The standard InChI is InChI=1S/C12H15ClN2O/c1-9(16)5-6-15(2)12-4-3-11(13)7-10(12)8-14/h3-4,7,9,16H,5-6H2,1-2H3/t9-/m1/s1. The molecular weight excluding hydrogens is 224 g/mol. The van der Waals surface area contributed by atoms with E-state index in [1.54, 1.807) is 19.1 Å². The molecule has 0 spiro atoms. The summed E-state index contributed by atoms with van der Waals surface area (Å²) in [5.41, 5.74) is 1.40. The van der Waals surface area contributed by atoms with Gasteiger partial charge in [-0.15, -0.1) is 0 Å². The predicted molar refractivity (Wildman–Crippen MR) is 65.7 cm³/mol. The molecule has 86 valence electrons. The average Bonchev–Trinajstić information content (AvgIpc) is 2.25. The molecule has 1 N–H and O–H groups in total. The van der Waals surface area contributed by atoms with Crippen molar-refractivity contribution < 1.29 is 5.11 Å². The zero-order chi connectivity index (χ0) is 12.1. The van der Waals surface area contributed by atoms with Gasteiger partial charge in [-0.25, -0.2) is 0 Å². The highest BCUT2D eigenvalue weighted by Gasteiger charge is 2.08. The van der Waals surface area contributed by atoms with Crippen molar-refractivity contribution in [2.75, 3.05) is 18.5 Å². The highest BCUT2D eigenvalue weighted by Crippen LogP contribution is 2.23. The molecular formula is C12H15ClN2O. The summed E-state index contributed by atoms with van der Waals surface area (Å²) in [6, 6.07) is 7.35. The van der Waals surface area contributed by atoms with Gasteiger partial charge in [-0.2, -0.15) is 5.26 Å². The molecule has 16 heavy (non-hydrogen) atoms. The van der Waals surface area contributed by atoms with Crippen LogP contribution in [0, 0.1) is 11.3 Å². The number of aliphatic hydroxyl groups is 1. The first kappa shape index (κ1) is 12.8. The fourth-order valence-electron chi connectivity index (χ4n) is 1.43.